The van der Waals surface area contributed by atoms with Gasteiger partial charge in [-0.2, -0.15) is 5.90 Å². The first-order valence-electron chi connectivity index (χ1n) is 3.70. The maximum Gasteiger partial charge on any atom is 0.146 e. The van der Waals surface area contributed by atoms with E-state index in [2.05, 4.69) is 18.7 Å². The summed E-state index contributed by atoms with van der Waals surface area (Å²) in [7, 11) is 0. The molecule has 0 unspecified atom stereocenters. The molecule has 68 valence electrons. The average molecular weight is 188 g/mol. The Kier molecular flexibility index (Phi) is 4.71. The average Bonchev–Trinajstić information content (AvgIpc) is 2.05. The van der Waals surface area contributed by atoms with Crippen LogP contribution in [0, 0.1) is 0 Å². The van der Waals surface area contributed by atoms with E-state index in [1.165, 1.54) is 5.56 Å². The lowest BCUT2D eigenvalue weighted by molar-refractivity contribution is 0.334. The van der Waals surface area contributed by atoms with Gasteiger partial charge in [-0.25, -0.2) is 0 Å². The predicted molar refractivity (Wildman–Crippen MR) is 52.6 cm³/mol. The van der Waals surface area contributed by atoms with Gasteiger partial charge in [-0.15, -0.1) is 12.4 Å². The summed E-state index contributed by atoms with van der Waals surface area (Å²) in [5, 5.41) is 0. The zero-order chi connectivity index (χ0) is 8.27. The first-order chi connectivity index (χ1) is 5.24. The summed E-state index contributed by atoms with van der Waals surface area (Å²) in [4.78, 5) is 4.55. The molecule has 2 N–H and O–H groups in total. The minimum atomic E-state index is 0. The number of benzene rings is 1. The van der Waals surface area contributed by atoms with Crippen LogP contribution < -0.4 is 10.7 Å². The molecule has 1 aromatic carbocycles. The molecule has 0 atom stereocenters. The summed E-state index contributed by atoms with van der Waals surface area (Å²) >= 11 is 0. The standard InChI is InChI=1S/C9H13NO.ClH/c1-7(2)8-3-5-9(11-10)6-4-8;/h3-7H,10H2,1-2H3;1H. The van der Waals surface area contributed by atoms with Gasteiger partial charge in [0.25, 0.3) is 0 Å². The van der Waals surface area contributed by atoms with Crippen molar-refractivity contribution in [1.29, 1.82) is 0 Å². The molecule has 0 radical (unpaired) electrons. The number of nitrogens with two attached hydrogens (primary N) is 1. The second-order valence-corrected chi connectivity index (χ2v) is 2.84. The van der Waals surface area contributed by atoms with Crippen LogP contribution in [-0.2, 0) is 0 Å². The van der Waals surface area contributed by atoms with Gasteiger partial charge in [0, 0.05) is 0 Å². The lowest BCUT2D eigenvalue weighted by Crippen LogP contribution is -2.01. The van der Waals surface area contributed by atoms with E-state index in [0.717, 1.165) is 0 Å². The molecule has 0 saturated heterocycles. The maximum atomic E-state index is 4.98. The van der Waals surface area contributed by atoms with Crippen molar-refractivity contribution in [3.8, 4) is 5.75 Å². The van der Waals surface area contributed by atoms with Gasteiger partial charge in [-0.1, -0.05) is 26.0 Å². The van der Waals surface area contributed by atoms with E-state index >= 15 is 0 Å². The normalized spacial score (nSPS) is 9.33. The van der Waals surface area contributed by atoms with Gasteiger partial charge >= 0.3 is 0 Å². The Hall–Kier alpha value is -0.730. The monoisotopic (exact) mass is 187 g/mol. The van der Waals surface area contributed by atoms with Crippen LogP contribution in [0.1, 0.15) is 25.3 Å². The fraction of sp³-hybridized carbons (Fsp3) is 0.333. The third-order valence-corrected chi connectivity index (χ3v) is 1.68. The smallest absolute Gasteiger partial charge is 0.146 e. The summed E-state index contributed by atoms with van der Waals surface area (Å²) in [6, 6.07) is 7.78. The molecule has 0 bridgehead atoms. The van der Waals surface area contributed by atoms with Crippen molar-refractivity contribution < 1.29 is 4.84 Å². The summed E-state index contributed by atoms with van der Waals surface area (Å²) in [6.45, 7) is 4.30. The molecule has 0 spiro atoms. The third-order valence-electron chi connectivity index (χ3n) is 1.68. The van der Waals surface area contributed by atoms with Crippen LogP contribution in [0.15, 0.2) is 24.3 Å². The van der Waals surface area contributed by atoms with E-state index < -0.39 is 0 Å². The van der Waals surface area contributed by atoms with Crippen molar-refractivity contribution in [2.45, 2.75) is 19.8 Å². The van der Waals surface area contributed by atoms with E-state index in [1.807, 2.05) is 24.3 Å². The van der Waals surface area contributed by atoms with E-state index in [-0.39, 0.29) is 12.4 Å². The van der Waals surface area contributed by atoms with Crippen LogP contribution in [0.3, 0.4) is 0 Å². The molecule has 0 aromatic heterocycles. The van der Waals surface area contributed by atoms with E-state index in [4.69, 9.17) is 5.90 Å². The number of hydrogen-bond acceptors (Lipinski definition) is 2. The number of rotatable bonds is 2. The summed E-state index contributed by atoms with van der Waals surface area (Å²) in [6.07, 6.45) is 0. The van der Waals surface area contributed by atoms with Gasteiger partial charge in [-0.3, -0.25) is 0 Å². The van der Waals surface area contributed by atoms with Crippen LogP contribution in [0.5, 0.6) is 5.75 Å². The fourth-order valence-corrected chi connectivity index (χ4v) is 0.931. The molecular weight excluding hydrogens is 174 g/mol. The molecule has 0 fully saturated rings. The van der Waals surface area contributed by atoms with Crippen LogP contribution in [0.2, 0.25) is 0 Å². The minimum absolute atomic E-state index is 0. The highest BCUT2D eigenvalue weighted by Gasteiger charge is 1.97. The Balaban J connectivity index is 0.00000121. The molecule has 12 heavy (non-hydrogen) atoms. The van der Waals surface area contributed by atoms with Gasteiger partial charge < -0.3 is 4.84 Å². The van der Waals surface area contributed by atoms with Gasteiger partial charge in [0.15, 0.2) is 0 Å². The minimum Gasteiger partial charge on any atom is -0.412 e. The zero-order valence-corrected chi connectivity index (χ0v) is 8.10. The molecule has 0 aliphatic heterocycles. The second kappa shape index (κ2) is 5.01. The fourth-order valence-electron chi connectivity index (χ4n) is 0.931. The summed E-state index contributed by atoms with van der Waals surface area (Å²) in [5.74, 6) is 6.24. The van der Waals surface area contributed by atoms with Gasteiger partial charge in [0.1, 0.15) is 5.75 Å². The molecule has 0 amide bonds. The topological polar surface area (TPSA) is 35.2 Å². The van der Waals surface area contributed by atoms with Crippen molar-refractivity contribution in [3.05, 3.63) is 29.8 Å². The molecule has 0 saturated carbocycles. The first kappa shape index (κ1) is 11.3. The highest BCUT2D eigenvalue weighted by atomic mass is 35.5. The number of hydrogen-bond donors (Lipinski definition) is 1. The Morgan fingerprint density at radius 1 is 1.17 bits per heavy atom. The summed E-state index contributed by atoms with van der Waals surface area (Å²) < 4.78 is 0. The Morgan fingerprint density at radius 2 is 1.67 bits per heavy atom. The quantitative estimate of drug-likeness (QED) is 0.723. The highest BCUT2D eigenvalue weighted by Crippen LogP contribution is 2.17. The van der Waals surface area contributed by atoms with Crippen LogP contribution >= 0.6 is 12.4 Å². The first-order valence-corrected chi connectivity index (χ1v) is 3.70. The van der Waals surface area contributed by atoms with E-state index in [9.17, 15) is 0 Å². The number of halogens is 1. The van der Waals surface area contributed by atoms with Gasteiger partial charge in [0.2, 0.25) is 0 Å². The van der Waals surface area contributed by atoms with Crippen molar-refractivity contribution in [2.75, 3.05) is 0 Å². The molecule has 1 aromatic rings. The maximum absolute atomic E-state index is 4.98. The van der Waals surface area contributed by atoms with Crippen LogP contribution in [0.25, 0.3) is 0 Å². The van der Waals surface area contributed by atoms with Gasteiger partial charge in [-0.05, 0) is 23.6 Å². The van der Waals surface area contributed by atoms with Crippen molar-refractivity contribution >= 4 is 12.4 Å². The lowest BCUT2D eigenvalue weighted by atomic mass is 10.0. The van der Waals surface area contributed by atoms with Crippen molar-refractivity contribution in [2.24, 2.45) is 5.90 Å². The Morgan fingerprint density at radius 3 is 2.00 bits per heavy atom. The van der Waals surface area contributed by atoms with Crippen molar-refractivity contribution in [3.63, 3.8) is 0 Å². The van der Waals surface area contributed by atoms with Crippen LogP contribution in [0.4, 0.5) is 0 Å². The molecule has 0 heterocycles. The molecule has 2 nitrogen and oxygen atoms in total. The lowest BCUT2D eigenvalue weighted by Gasteiger charge is -2.04. The second-order valence-electron chi connectivity index (χ2n) is 2.84. The highest BCUT2D eigenvalue weighted by molar-refractivity contribution is 5.85. The Bertz CT molecular complexity index is 220. The Labute approximate surface area is 79.1 Å². The summed E-state index contributed by atoms with van der Waals surface area (Å²) in [5.41, 5.74) is 1.30. The predicted octanol–water partition coefficient (Wildman–Crippen LogP) is 2.48. The van der Waals surface area contributed by atoms with Crippen LogP contribution in [-0.4, -0.2) is 0 Å². The SMILES string of the molecule is CC(C)c1ccc(ON)cc1.Cl. The van der Waals surface area contributed by atoms with E-state index in [0.29, 0.717) is 11.7 Å². The molecule has 3 heteroatoms. The molecular formula is C9H14ClNO. The van der Waals surface area contributed by atoms with Crippen molar-refractivity contribution in [1.82, 2.24) is 0 Å². The molecule has 0 aliphatic rings. The molecule has 0 aliphatic carbocycles. The largest absolute Gasteiger partial charge is 0.412 e. The third kappa shape index (κ3) is 2.72. The zero-order valence-electron chi connectivity index (χ0n) is 7.28. The van der Waals surface area contributed by atoms with Gasteiger partial charge in [0.05, 0.1) is 0 Å². The van der Waals surface area contributed by atoms with E-state index in [1.54, 1.807) is 0 Å². The molecule has 1 rings (SSSR count).